The zero-order valence-corrected chi connectivity index (χ0v) is 12.3. The highest BCUT2D eigenvalue weighted by Crippen LogP contribution is 2.10. The molecule has 1 nitrogen and oxygen atoms in total. The molecule has 0 aliphatic heterocycles. The van der Waals surface area contributed by atoms with E-state index in [0.29, 0.717) is 0 Å². The van der Waals surface area contributed by atoms with Gasteiger partial charge in [-0.15, -0.1) is 12.3 Å². The summed E-state index contributed by atoms with van der Waals surface area (Å²) in [5.74, 6) is 2.70. The van der Waals surface area contributed by atoms with Gasteiger partial charge < -0.3 is 4.48 Å². The smallest absolute Gasteiger partial charge is 0.0780 e. The summed E-state index contributed by atoms with van der Waals surface area (Å²) >= 11 is 0. The molecule has 0 rings (SSSR count). The highest BCUT2D eigenvalue weighted by atomic mass is 15.3. The maximum absolute atomic E-state index is 5.22. The molecule has 0 aliphatic carbocycles. The van der Waals surface area contributed by atoms with Gasteiger partial charge in [0, 0.05) is 6.42 Å². The summed E-state index contributed by atoms with van der Waals surface area (Å²) in [5.41, 5.74) is 0. The second kappa shape index (κ2) is 10.7. The summed E-state index contributed by atoms with van der Waals surface area (Å²) in [6.07, 6.45) is 18.6. The fourth-order valence-electron chi connectivity index (χ4n) is 2.05. The predicted octanol–water partition coefficient (Wildman–Crippen LogP) is 4.23. The summed E-state index contributed by atoms with van der Waals surface area (Å²) < 4.78 is 1.11. The molecule has 0 aromatic heterocycles. The molecule has 100 valence electrons. The molecule has 0 aromatic rings. The molecule has 0 aromatic carbocycles. The van der Waals surface area contributed by atoms with Crippen LogP contribution in [0.4, 0.5) is 0 Å². The van der Waals surface area contributed by atoms with Crippen LogP contribution in [0.5, 0.6) is 0 Å². The van der Waals surface area contributed by atoms with Crippen LogP contribution in [0.1, 0.15) is 64.2 Å². The molecular weight excluding hydrogens is 206 g/mol. The van der Waals surface area contributed by atoms with Crippen molar-refractivity contribution >= 4 is 0 Å². The lowest BCUT2D eigenvalue weighted by molar-refractivity contribution is -0.870. The fourth-order valence-corrected chi connectivity index (χ4v) is 2.05. The van der Waals surface area contributed by atoms with Crippen molar-refractivity contribution in [3.8, 4) is 12.3 Å². The summed E-state index contributed by atoms with van der Waals surface area (Å²) in [7, 11) is 6.82. The van der Waals surface area contributed by atoms with Crippen LogP contribution in [0.3, 0.4) is 0 Å². The van der Waals surface area contributed by atoms with E-state index < -0.39 is 0 Å². The summed E-state index contributed by atoms with van der Waals surface area (Å²) in [6, 6.07) is 0. The first-order chi connectivity index (χ1) is 8.06. The number of nitrogens with zero attached hydrogens (tertiary/aromatic N) is 1. The molecule has 0 fully saturated rings. The summed E-state index contributed by atoms with van der Waals surface area (Å²) in [4.78, 5) is 0. The molecule has 0 bridgehead atoms. The average Bonchev–Trinajstić information content (AvgIpc) is 2.24. The third kappa shape index (κ3) is 15.5. The van der Waals surface area contributed by atoms with Gasteiger partial charge in [-0.2, -0.15) is 0 Å². The summed E-state index contributed by atoms with van der Waals surface area (Å²) in [6.45, 7) is 1.31. The minimum absolute atomic E-state index is 0.963. The molecule has 1 heteroatoms. The lowest BCUT2D eigenvalue weighted by atomic mass is 10.1. The first-order valence-electron chi connectivity index (χ1n) is 7.30. The monoisotopic (exact) mass is 238 g/mol. The van der Waals surface area contributed by atoms with Crippen LogP contribution in [-0.4, -0.2) is 32.2 Å². The van der Waals surface area contributed by atoms with Crippen molar-refractivity contribution in [2.24, 2.45) is 0 Å². The second-order valence-corrected chi connectivity index (χ2v) is 6.15. The van der Waals surface area contributed by atoms with Gasteiger partial charge in [-0.25, -0.2) is 0 Å². The minimum Gasteiger partial charge on any atom is -0.331 e. The average molecular weight is 238 g/mol. The number of quaternary nitrogens is 1. The topological polar surface area (TPSA) is 0 Å². The van der Waals surface area contributed by atoms with Crippen molar-refractivity contribution in [2.75, 3.05) is 27.7 Å². The highest BCUT2D eigenvalue weighted by molar-refractivity contribution is 4.82. The number of terminal acetylenes is 1. The Morgan fingerprint density at radius 1 is 0.706 bits per heavy atom. The van der Waals surface area contributed by atoms with Crippen LogP contribution in [0.25, 0.3) is 0 Å². The van der Waals surface area contributed by atoms with Gasteiger partial charge in [0.25, 0.3) is 0 Å². The standard InChI is InChI=1S/C16H32N/c1-5-6-7-8-9-10-11-12-13-14-15-16-17(2,3)4/h1H,6-16H2,2-4H3/q+1. The van der Waals surface area contributed by atoms with E-state index in [1.54, 1.807) is 0 Å². The number of hydrogen-bond donors (Lipinski definition) is 0. The van der Waals surface area contributed by atoms with Crippen molar-refractivity contribution in [1.82, 2.24) is 0 Å². The van der Waals surface area contributed by atoms with Gasteiger partial charge in [0.15, 0.2) is 0 Å². The molecule has 0 spiro atoms. The van der Waals surface area contributed by atoms with E-state index in [1.165, 1.54) is 64.3 Å². The van der Waals surface area contributed by atoms with E-state index in [-0.39, 0.29) is 0 Å². The Bertz CT molecular complexity index is 195. The quantitative estimate of drug-likeness (QED) is 0.287. The first kappa shape index (κ1) is 16.5. The molecule has 0 radical (unpaired) electrons. The van der Waals surface area contributed by atoms with E-state index in [2.05, 4.69) is 27.1 Å². The number of hydrogen-bond acceptors (Lipinski definition) is 0. The lowest BCUT2D eigenvalue weighted by Gasteiger charge is -2.23. The Labute approximate surface area is 109 Å². The number of rotatable bonds is 11. The lowest BCUT2D eigenvalue weighted by Crippen LogP contribution is -2.35. The zero-order chi connectivity index (χ0) is 13.0. The zero-order valence-electron chi connectivity index (χ0n) is 12.3. The molecule has 0 saturated heterocycles. The van der Waals surface area contributed by atoms with Crippen LogP contribution in [0.2, 0.25) is 0 Å². The van der Waals surface area contributed by atoms with Crippen LogP contribution in [-0.2, 0) is 0 Å². The van der Waals surface area contributed by atoms with E-state index in [1.807, 2.05) is 0 Å². The molecule has 0 unspecified atom stereocenters. The third-order valence-corrected chi connectivity index (χ3v) is 3.15. The number of unbranched alkanes of at least 4 members (excludes halogenated alkanes) is 9. The van der Waals surface area contributed by atoms with E-state index in [0.717, 1.165) is 10.9 Å². The van der Waals surface area contributed by atoms with Gasteiger partial charge in [-0.3, -0.25) is 0 Å². The molecule has 0 heterocycles. The van der Waals surface area contributed by atoms with E-state index >= 15 is 0 Å². The van der Waals surface area contributed by atoms with Gasteiger partial charge in [-0.1, -0.05) is 38.5 Å². The van der Waals surface area contributed by atoms with E-state index in [4.69, 9.17) is 6.42 Å². The maximum atomic E-state index is 5.22. The predicted molar refractivity (Wildman–Crippen MR) is 77.9 cm³/mol. The Kier molecular flexibility index (Phi) is 10.4. The largest absolute Gasteiger partial charge is 0.331 e. The molecule has 0 saturated carbocycles. The third-order valence-electron chi connectivity index (χ3n) is 3.15. The molecule has 0 aliphatic rings. The van der Waals surface area contributed by atoms with E-state index in [9.17, 15) is 0 Å². The maximum Gasteiger partial charge on any atom is 0.0780 e. The van der Waals surface area contributed by atoms with Crippen LogP contribution >= 0.6 is 0 Å². The van der Waals surface area contributed by atoms with Gasteiger partial charge >= 0.3 is 0 Å². The van der Waals surface area contributed by atoms with Crippen molar-refractivity contribution in [2.45, 2.75) is 64.2 Å². The Morgan fingerprint density at radius 3 is 1.53 bits per heavy atom. The van der Waals surface area contributed by atoms with Gasteiger partial charge in [0.1, 0.15) is 0 Å². The van der Waals surface area contributed by atoms with Crippen molar-refractivity contribution in [3.05, 3.63) is 0 Å². The first-order valence-corrected chi connectivity index (χ1v) is 7.30. The molecule has 17 heavy (non-hydrogen) atoms. The van der Waals surface area contributed by atoms with Crippen LogP contribution in [0, 0.1) is 12.3 Å². The van der Waals surface area contributed by atoms with Gasteiger partial charge in [0.05, 0.1) is 27.7 Å². The minimum atomic E-state index is 0.963. The van der Waals surface area contributed by atoms with Gasteiger partial charge in [-0.05, 0) is 19.3 Å². The highest BCUT2D eigenvalue weighted by Gasteiger charge is 2.04. The Hall–Kier alpha value is -0.480. The summed E-state index contributed by atoms with van der Waals surface area (Å²) in [5, 5.41) is 0. The van der Waals surface area contributed by atoms with Crippen molar-refractivity contribution < 1.29 is 4.48 Å². The molecule has 0 amide bonds. The van der Waals surface area contributed by atoms with Crippen LogP contribution in [0.15, 0.2) is 0 Å². The Morgan fingerprint density at radius 2 is 1.12 bits per heavy atom. The van der Waals surface area contributed by atoms with Crippen molar-refractivity contribution in [3.63, 3.8) is 0 Å². The normalized spacial score (nSPS) is 11.4. The molecular formula is C16H32N+. The second-order valence-electron chi connectivity index (χ2n) is 6.15. The molecule has 0 N–H and O–H groups in total. The van der Waals surface area contributed by atoms with Crippen molar-refractivity contribution in [1.29, 1.82) is 0 Å². The molecule has 0 atom stereocenters. The fraction of sp³-hybridized carbons (Fsp3) is 0.875. The Balaban J connectivity index is 3.02. The SMILES string of the molecule is C#CCCCCCCCCCCC[N+](C)(C)C. The van der Waals surface area contributed by atoms with Crippen LogP contribution < -0.4 is 0 Å². The van der Waals surface area contributed by atoms with Gasteiger partial charge in [0.2, 0.25) is 0 Å².